The Hall–Kier alpha value is -4.26. The lowest BCUT2D eigenvalue weighted by Gasteiger charge is -2.33. The number of esters is 2. The minimum Gasteiger partial charge on any atom is -0.454 e. The van der Waals surface area contributed by atoms with Crippen LogP contribution in [0.5, 0.6) is 0 Å². The van der Waals surface area contributed by atoms with Crippen LogP contribution in [0.1, 0.15) is 98.6 Å². The van der Waals surface area contributed by atoms with Crippen molar-refractivity contribution in [3.05, 3.63) is 133 Å². The third kappa shape index (κ3) is 10.0. The molecular weight excluding hydrogens is 693 g/mol. The lowest BCUT2D eigenvalue weighted by atomic mass is 9.70. The Bertz CT molecular complexity index is 1850. The van der Waals surface area contributed by atoms with E-state index in [1.54, 1.807) is 24.3 Å². The second kappa shape index (κ2) is 19.2. The standard InChI is InChI=1S/C47H54O4S2/c1-7-36(8-2)50-45(48)19-15-11-13-17-29-47(30-18-14-12-16-20-46(49)51-37(9-3)10-4)40-31-33(5)21-24-38(40)39-25-23-35(32-41(39)47)42-27-28-44(53-42)43-26-22-34(6)52-43/h7-10,21-28,31-32,36-37H,1-4,11-20,29-30H2,5-6H3. The third-order valence-electron chi connectivity index (χ3n) is 10.3. The molecule has 0 saturated carbocycles. The molecule has 6 heteroatoms. The molecule has 0 amide bonds. The summed E-state index contributed by atoms with van der Waals surface area (Å²) in [6.45, 7) is 19.2. The van der Waals surface area contributed by atoms with Gasteiger partial charge >= 0.3 is 11.9 Å². The fraction of sp³-hybridized carbons (Fsp3) is 0.362. The van der Waals surface area contributed by atoms with E-state index in [1.165, 1.54) is 52.9 Å². The van der Waals surface area contributed by atoms with Crippen LogP contribution >= 0.6 is 22.7 Å². The first-order chi connectivity index (χ1) is 25.7. The normalized spacial score (nSPS) is 12.7. The van der Waals surface area contributed by atoms with Gasteiger partial charge in [-0.2, -0.15) is 0 Å². The number of hydrogen-bond donors (Lipinski definition) is 0. The molecule has 0 fully saturated rings. The van der Waals surface area contributed by atoms with Crippen LogP contribution in [0, 0.1) is 13.8 Å². The second-order valence-corrected chi connectivity index (χ2v) is 16.5. The molecule has 5 rings (SSSR count). The maximum absolute atomic E-state index is 12.4. The van der Waals surface area contributed by atoms with Gasteiger partial charge in [-0.1, -0.05) is 101 Å². The molecule has 0 N–H and O–H groups in total. The molecule has 2 aromatic carbocycles. The zero-order valence-electron chi connectivity index (χ0n) is 31.5. The summed E-state index contributed by atoms with van der Waals surface area (Å²) in [5.74, 6) is -0.401. The number of rotatable bonds is 22. The summed E-state index contributed by atoms with van der Waals surface area (Å²) in [6, 6.07) is 23.1. The van der Waals surface area contributed by atoms with Gasteiger partial charge in [0.05, 0.1) is 0 Å². The van der Waals surface area contributed by atoms with Gasteiger partial charge in [0.25, 0.3) is 0 Å². The summed E-state index contributed by atoms with van der Waals surface area (Å²) in [5, 5.41) is 0. The van der Waals surface area contributed by atoms with Gasteiger partial charge in [0.15, 0.2) is 0 Å². The van der Waals surface area contributed by atoms with Crippen molar-refractivity contribution in [1.29, 1.82) is 0 Å². The van der Waals surface area contributed by atoms with Crippen LogP contribution in [0.15, 0.2) is 111 Å². The van der Waals surface area contributed by atoms with Gasteiger partial charge in [0.1, 0.15) is 12.2 Å². The first kappa shape index (κ1) is 39.9. The van der Waals surface area contributed by atoms with E-state index in [4.69, 9.17) is 9.47 Å². The minimum atomic E-state index is -0.436. The van der Waals surface area contributed by atoms with Gasteiger partial charge in [-0.3, -0.25) is 9.59 Å². The van der Waals surface area contributed by atoms with Gasteiger partial charge in [0.2, 0.25) is 0 Å². The molecule has 0 aliphatic heterocycles. The van der Waals surface area contributed by atoms with Crippen molar-refractivity contribution < 1.29 is 19.1 Å². The summed E-state index contributed by atoms with van der Waals surface area (Å²) in [6.07, 6.45) is 16.2. The van der Waals surface area contributed by atoms with Crippen molar-refractivity contribution >= 4 is 34.6 Å². The van der Waals surface area contributed by atoms with E-state index in [0.29, 0.717) is 12.8 Å². The maximum Gasteiger partial charge on any atom is 0.306 e. The molecular formula is C47H54O4S2. The topological polar surface area (TPSA) is 52.6 Å². The Kier molecular flexibility index (Phi) is 14.5. The van der Waals surface area contributed by atoms with Gasteiger partial charge in [-0.25, -0.2) is 0 Å². The van der Waals surface area contributed by atoms with E-state index in [2.05, 4.69) is 101 Å². The summed E-state index contributed by atoms with van der Waals surface area (Å²) in [4.78, 5) is 30.0. The van der Waals surface area contributed by atoms with Crippen molar-refractivity contribution in [2.75, 3.05) is 0 Å². The zero-order chi connectivity index (χ0) is 37.8. The first-order valence-corrected chi connectivity index (χ1v) is 20.7. The molecule has 0 radical (unpaired) electrons. The Labute approximate surface area is 325 Å². The SMILES string of the molecule is C=CC(C=C)OC(=O)CCCCCCC1(CCCCCCC(=O)OC(C=C)C=C)c2cc(C)ccc2-c2ccc(-c3ccc(-c4ccc(C)s4)s3)cc21. The molecule has 53 heavy (non-hydrogen) atoms. The van der Waals surface area contributed by atoms with E-state index in [9.17, 15) is 9.59 Å². The Morgan fingerprint density at radius 1 is 0.604 bits per heavy atom. The lowest BCUT2D eigenvalue weighted by molar-refractivity contribution is -0.146. The highest BCUT2D eigenvalue weighted by molar-refractivity contribution is 7.23. The van der Waals surface area contributed by atoms with Crippen molar-refractivity contribution in [1.82, 2.24) is 0 Å². The molecule has 2 heterocycles. The van der Waals surface area contributed by atoms with Crippen molar-refractivity contribution in [2.45, 2.75) is 109 Å². The average Bonchev–Trinajstić information content (AvgIpc) is 3.89. The van der Waals surface area contributed by atoms with Gasteiger partial charge < -0.3 is 9.47 Å². The number of aryl methyl sites for hydroxylation is 2. The largest absolute Gasteiger partial charge is 0.454 e. The molecule has 1 aliphatic carbocycles. The highest BCUT2D eigenvalue weighted by Gasteiger charge is 2.42. The monoisotopic (exact) mass is 746 g/mol. The van der Waals surface area contributed by atoms with Crippen LogP contribution in [0.25, 0.3) is 31.3 Å². The Morgan fingerprint density at radius 3 is 1.64 bits per heavy atom. The molecule has 0 atom stereocenters. The number of hydrogen-bond acceptors (Lipinski definition) is 6. The summed E-state index contributed by atoms with van der Waals surface area (Å²) in [7, 11) is 0. The highest BCUT2D eigenvalue weighted by Crippen LogP contribution is 2.55. The van der Waals surface area contributed by atoms with Crippen molar-refractivity contribution in [2.24, 2.45) is 0 Å². The molecule has 278 valence electrons. The average molecular weight is 747 g/mol. The molecule has 0 saturated heterocycles. The number of carbonyl (C=O) groups excluding carboxylic acids is 2. The number of fused-ring (bicyclic) bond motifs is 3. The fourth-order valence-corrected chi connectivity index (χ4v) is 9.48. The number of unbranched alkanes of at least 4 members (excludes halogenated alkanes) is 6. The van der Waals surface area contributed by atoms with Crippen LogP contribution in [-0.2, 0) is 24.5 Å². The second-order valence-electron chi connectivity index (χ2n) is 14.1. The van der Waals surface area contributed by atoms with Gasteiger partial charge in [0, 0.05) is 37.8 Å². The van der Waals surface area contributed by atoms with Crippen LogP contribution < -0.4 is 0 Å². The van der Waals surface area contributed by atoms with Crippen molar-refractivity contribution in [3.63, 3.8) is 0 Å². The molecule has 0 unspecified atom stereocenters. The third-order valence-corrected chi connectivity index (χ3v) is 12.7. The molecule has 0 bridgehead atoms. The number of thiophene rings is 2. The first-order valence-electron chi connectivity index (χ1n) is 19.0. The van der Waals surface area contributed by atoms with E-state index < -0.39 is 12.2 Å². The fourth-order valence-electron chi connectivity index (χ4n) is 7.52. The Morgan fingerprint density at radius 2 is 1.09 bits per heavy atom. The predicted molar refractivity (Wildman–Crippen MR) is 225 cm³/mol. The molecule has 0 spiro atoms. The number of ether oxygens (including phenoxy) is 2. The van der Waals surface area contributed by atoms with Crippen LogP contribution in [0.4, 0.5) is 0 Å². The molecule has 1 aliphatic rings. The van der Waals surface area contributed by atoms with Crippen LogP contribution in [0.2, 0.25) is 0 Å². The van der Waals surface area contributed by atoms with Crippen molar-refractivity contribution in [3.8, 4) is 31.3 Å². The number of benzene rings is 2. The summed E-state index contributed by atoms with van der Waals surface area (Å²) < 4.78 is 10.8. The lowest BCUT2D eigenvalue weighted by Crippen LogP contribution is -2.25. The number of carbonyl (C=O) groups is 2. The maximum atomic E-state index is 12.4. The predicted octanol–water partition coefficient (Wildman–Crippen LogP) is 13.3. The zero-order valence-corrected chi connectivity index (χ0v) is 33.1. The minimum absolute atomic E-state index is 0.113. The Balaban J connectivity index is 1.35. The van der Waals surface area contributed by atoms with E-state index >= 15 is 0 Å². The quantitative estimate of drug-likeness (QED) is 0.0456. The molecule has 4 nitrogen and oxygen atoms in total. The van der Waals surface area contributed by atoms with Gasteiger partial charge in [-0.05, 0) is 122 Å². The summed E-state index contributed by atoms with van der Waals surface area (Å²) >= 11 is 3.72. The summed E-state index contributed by atoms with van der Waals surface area (Å²) in [5.41, 5.74) is 8.01. The van der Waals surface area contributed by atoms with Crippen LogP contribution in [-0.4, -0.2) is 24.1 Å². The smallest absolute Gasteiger partial charge is 0.306 e. The van der Waals surface area contributed by atoms with E-state index in [1.807, 2.05) is 22.7 Å². The van der Waals surface area contributed by atoms with Gasteiger partial charge in [-0.15, -0.1) is 22.7 Å². The molecule has 4 aromatic rings. The van der Waals surface area contributed by atoms with E-state index in [0.717, 1.165) is 64.2 Å². The van der Waals surface area contributed by atoms with E-state index in [-0.39, 0.29) is 17.4 Å². The highest BCUT2D eigenvalue weighted by atomic mass is 32.1. The van der Waals surface area contributed by atoms with Crippen LogP contribution in [0.3, 0.4) is 0 Å². The molecule has 2 aromatic heterocycles.